The summed E-state index contributed by atoms with van der Waals surface area (Å²) in [5.74, 6) is 0. The van der Waals surface area contributed by atoms with E-state index in [0.717, 1.165) is 32.1 Å². The molecule has 0 amide bonds. The first-order valence-electron chi connectivity index (χ1n) is 7.01. The number of rotatable bonds is 8. The third-order valence-electron chi connectivity index (χ3n) is 3.88. The van der Waals surface area contributed by atoms with Crippen molar-refractivity contribution >= 4 is 23.3 Å². The van der Waals surface area contributed by atoms with Gasteiger partial charge in [-0.3, -0.25) is 0 Å². The first-order valence-corrected chi connectivity index (χ1v) is 16.1. The zero-order chi connectivity index (χ0) is 13.9. The average molecular weight is 309 g/mol. The molecule has 0 saturated carbocycles. The Balaban J connectivity index is 2.95. The molecule has 0 unspecified atom stereocenters. The Morgan fingerprint density at radius 2 is 0.944 bits per heavy atom. The van der Waals surface area contributed by atoms with E-state index in [4.69, 9.17) is 17.7 Å². The fourth-order valence-corrected chi connectivity index (χ4v) is 38.7. The molecule has 0 aliphatic carbocycles. The second kappa shape index (κ2) is 6.29. The molecule has 1 fully saturated rings. The van der Waals surface area contributed by atoms with Gasteiger partial charge in [0.15, 0.2) is 7.11 Å². The van der Waals surface area contributed by atoms with E-state index in [1.165, 1.54) is 0 Å². The van der Waals surface area contributed by atoms with Crippen molar-refractivity contribution in [3.8, 4) is 0 Å². The van der Waals surface area contributed by atoms with Crippen molar-refractivity contribution in [3.63, 3.8) is 0 Å². The largest absolute Gasteiger partial charge is 0.397 e. The molecule has 7 heteroatoms. The van der Waals surface area contributed by atoms with E-state index in [1.54, 1.807) is 0 Å². The van der Waals surface area contributed by atoms with Gasteiger partial charge in [-0.25, -0.2) is 0 Å². The maximum absolute atomic E-state index is 6.12. The van der Waals surface area contributed by atoms with Crippen molar-refractivity contribution in [2.24, 2.45) is 0 Å². The van der Waals surface area contributed by atoms with Crippen LogP contribution in [0.25, 0.3) is 0 Å². The standard InChI is InChI=1S/C11H28O4Si3/c1-7-12-17(13-8-2)11-18(14-9-3,15-10-4)16(17,5)6/h7-11H2,1-6H3. The Hall–Kier alpha value is 0.491. The highest BCUT2D eigenvalue weighted by Gasteiger charge is 2.80. The lowest BCUT2D eigenvalue weighted by Gasteiger charge is -2.59. The van der Waals surface area contributed by atoms with Gasteiger partial charge in [-0.2, -0.15) is 0 Å². The summed E-state index contributed by atoms with van der Waals surface area (Å²) in [5, 5.41) is 0. The molecule has 1 heterocycles. The fourth-order valence-electron chi connectivity index (χ4n) is 2.87. The van der Waals surface area contributed by atoms with Crippen molar-refractivity contribution in [2.75, 3.05) is 26.4 Å². The lowest BCUT2D eigenvalue weighted by molar-refractivity contribution is 0.167. The zero-order valence-corrected chi connectivity index (χ0v) is 15.7. The molecule has 0 aromatic carbocycles. The van der Waals surface area contributed by atoms with Gasteiger partial charge in [0.2, 0.25) is 0 Å². The third-order valence-corrected chi connectivity index (χ3v) is 37.6. The molecule has 0 bridgehead atoms. The van der Waals surface area contributed by atoms with E-state index < -0.39 is 23.3 Å². The van der Waals surface area contributed by atoms with Crippen LogP contribution in [0.5, 0.6) is 0 Å². The Bertz CT molecular complexity index is 237. The summed E-state index contributed by atoms with van der Waals surface area (Å²) >= 11 is 0. The van der Waals surface area contributed by atoms with E-state index in [0.29, 0.717) is 0 Å². The summed E-state index contributed by atoms with van der Waals surface area (Å²) in [6.07, 6.45) is 0. The second-order valence-electron chi connectivity index (χ2n) is 5.04. The van der Waals surface area contributed by atoms with Crippen molar-refractivity contribution in [1.82, 2.24) is 0 Å². The fraction of sp³-hybridized carbons (Fsp3) is 1.00. The van der Waals surface area contributed by atoms with Gasteiger partial charge in [0.25, 0.3) is 0 Å². The molecule has 0 radical (unpaired) electrons. The van der Waals surface area contributed by atoms with E-state index in [2.05, 4.69) is 40.8 Å². The van der Waals surface area contributed by atoms with Gasteiger partial charge in [0.1, 0.15) is 0 Å². The monoisotopic (exact) mass is 308 g/mol. The molecule has 0 N–H and O–H groups in total. The first kappa shape index (κ1) is 16.5. The van der Waals surface area contributed by atoms with Crippen LogP contribution in [0, 0.1) is 0 Å². The minimum atomic E-state index is -2.03. The van der Waals surface area contributed by atoms with E-state index in [1.807, 2.05) is 0 Å². The molecule has 1 rings (SSSR count). The Morgan fingerprint density at radius 3 is 1.11 bits per heavy atom. The maximum Gasteiger partial charge on any atom is 0.320 e. The average Bonchev–Trinajstić information content (AvgIpc) is 2.30. The molecule has 0 spiro atoms. The molecule has 18 heavy (non-hydrogen) atoms. The van der Waals surface area contributed by atoms with Crippen LogP contribution < -0.4 is 0 Å². The summed E-state index contributed by atoms with van der Waals surface area (Å²) in [7, 11) is -5.76. The predicted octanol–water partition coefficient (Wildman–Crippen LogP) is 2.43. The summed E-state index contributed by atoms with van der Waals surface area (Å²) in [5.41, 5.74) is 0.961. The van der Waals surface area contributed by atoms with Crippen molar-refractivity contribution in [1.29, 1.82) is 0 Å². The Kier molecular flexibility index (Phi) is 5.78. The molecule has 0 aromatic rings. The molecule has 0 atom stereocenters. The van der Waals surface area contributed by atoms with E-state index in [-0.39, 0.29) is 0 Å². The lowest BCUT2D eigenvalue weighted by Crippen LogP contribution is -2.91. The molecule has 4 nitrogen and oxygen atoms in total. The van der Waals surface area contributed by atoms with Crippen LogP contribution in [-0.2, 0) is 17.7 Å². The SMILES string of the molecule is CCO[Si]1(OCC)C[Si](OCC)(OCC)[Si]1(C)C. The predicted molar refractivity (Wildman–Crippen MR) is 80.3 cm³/mol. The van der Waals surface area contributed by atoms with Gasteiger partial charge >= 0.3 is 16.2 Å². The second-order valence-corrected chi connectivity index (χ2v) is 27.4. The van der Waals surface area contributed by atoms with Crippen molar-refractivity contribution in [3.05, 3.63) is 0 Å². The summed E-state index contributed by atoms with van der Waals surface area (Å²) in [6, 6.07) is 0. The Morgan fingerprint density at radius 1 is 0.667 bits per heavy atom. The van der Waals surface area contributed by atoms with Crippen LogP contribution in [0.3, 0.4) is 0 Å². The van der Waals surface area contributed by atoms with Crippen LogP contribution in [0.1, 0.15) is 27.7 Å². The van der Waals surface area contributed by atoms with Crippen LogP contribution in [0.15, 0.2) is 0 Å². The molecule has 0 aromatic heterocycles. The minimum Gasteiger partial charge on any atom is -0.397 e. The normalized spacial score (nSPS) is 23.7. The van der Waals surface area contributed by atoms with Gasteiger partial charge in [-0.05, 0) is 27.7 Å². The minimum absolute atomic E-state index is 0.741. The molecular weight excluding hydrogens is 280 g/mol. The van der Waals surface area contributed by atoms with Crippen LogP contribution in [0.4, 0.5) is 0 Å². The number of hydrogen-bond donors (Lipinski definition) is 0. The molecule has 1 saturated heterocycles. The first-order chi connectivity index (χ1) is 8.45. The molecule has 1 aliphatic rings. The third kappa shape index (κ3) is 2.41. The maximum atomic E-state index is 6.12. The zero-order valence-electron chi connectivity index (χ0n) is 12.7. The lowest BCUT2D eigenvalue weighted by atomic mass is 10.9. The Labute approximate surface area is 114 Å². The quantitative estimate of drug-likeness (QED) is 0.645. The van der Waals surface area contributed by atoms with Crippen molar-refractivity contribution in [2.45, 2.75) is 46.5 Å². The van der Waals surface area contributed by atoms with Gasteiger partial charge < -0.3 is 17.7 Å². The molecule has 108 valence electrons. The van der Waals surface area contributed by atoms with Gasteiger partial charge in [0.05, 0.1) is 0 Å². The summed E-state index contributed by atoms with van der Waals surface area (Å²) in [6.45, 7) is 15.9. The highest BCUT2D eigenvalue weighted by molar-refractivity contribution is 7.73. The highest BCUT2D eigenvalue weighted by atomic mass is 29.7. The van der Waals surface area contributed by atoms with E-state index in [9.17, 15) is 0 Å². The summed E-state index contributed by atoms with van der Waals surface area (Å²) in [4.78, 5) is 0. The molecule has 1 aliphatic heterocycles. The topological polar surface area (TPSA) is 36.9 Å². The molecular formula is C11H28O4Si3. The van der Waals surface area contributed by atoms with E-state index >= 15 is 0 Å². The summed E-state index contributed by atoms with van der Waals surface area (Å²) < 4.78 is 24.5. The number of hydrogen-bond acceptors (Lipinski definition) is 4. The van der Waals surface area contributed by atoms with Crippen molar-refractivity contribution < 1.29 is 17.7 Å². The highest BCUT2D eigenvalue weighted by Crippen LogP contribution is 2.48. The van der Waals surface area contributed by atoms with Crippen LogP contribution in [0.2, 0.25) is 18.8 Å². The van der Waals surface area contributed by atoms with Gasteiger partial charge in [-0.15, -0.1) is 0 Å². The van der Waals surface area contributed by atoms with Crippen LogP contribution >= 0.6 is 0 Å². The van der Waals surface area contributed by atoms with Crippen LogP contribution in [-0.4, -0.2) is 49.7 Å². The smallest absolute Gasteiger partial charge is 0.320 e. The van der Waals surface area contributed by atoms with Gasteiger partial charge in [0, 0.05) is 32.1 Å². The van der Waals surface area contributed by atoms with Gasteiger partial charge in [-0.1, -0.05) is 13.1 Å².